The molecule has 0 aliphatic heterocycles. The standard InChI is InChI=1S/C29H26N4O5S/c1-4-37-22-12-5-18(6-13-22)25-16-39-29(32-25)33-27(34)17(2)38-28(35)20-9-14-23-24(15-20)31-26(30-23)19-7-10-21(36-3)11-8-19/h5-17H,4H2,1-3H3,(H,30,31)(H,32,33,34). The van der Waals surface area contributed by atoms with Crippen LogP contribution < -0.4 is 14.8 Å². The SMILES string of the molecule is CCOc1ccc(-c2csc(NC(=O)C(C)OC(=O)c3ccc4nc(-c5ccc(OC)cc5)[nH]c4c3)n2)cc1. The molecule has 5 rings (SSSR count). The van der Waals surface area contributed by atoms with Crippen LogP contribution in [0.15, 0.2) is 72.1 Å². The van der Waals surface area contributed by atoms with Gasteiger partial charge in [0.1, 0.15) is 17.3 Å². The zero-order valence-electron chi connectivity index (χ0n) is 21.6. The summed E-state index contributed by atoms with van der Waals surface area (Å²) in [7, 11) is 1.61. The van der Waals surface area contributed by atoms with Crippen molar-refractivity contribution in [1.82, 2.24) is 15.0 Å². The van der Waals surface area contributed by atoms with E-state index in [1.54, 1.807) is 25.3 Å². The molecule has 0 bridgehead atoms. The summed E-state index contributed by atoms with van der Waals surface area (Å²) < 4.78 is 16.1. The van der Waals surface area contributed by atoms with Crippen LogP contribution in [0.4, 0.5) is 5.13 Å². The Hall–Kier alpha value is -4.70. The van der Waals surface area contributed by atoms with E-state index in [-0.39, 0.29) is 0 Å². The van der Waals surface area contributed by atoms with E-state index in [0.717, 1.165) is 28.3 Å². The van der Waals surface area contributed by atoms with Gasteiger partial charge >= 0.3 is 5.97 Å². The van der Waals surface area contributed by atoms with E-state index in [4.69, 9.17) is 14.2 Å². The maximum atomic E-state index is 12.8. The number of rotatable bonds is 9. The fraction of sp³-hybridized carbons (Fsp3) is 0.172. The molecule has 3 aromatic carbocycles. The van der Waals surface area contributed by atoms with E-state index in [1.807, 2.05) is 60.8 Å². The Morgan fingerprint density at radius 2 is 1.69 bits per heavy atom. The van der Waals surface area contributed by atoms with Crippen LogP contribution in [-0.4, -0.2) is 46.6 Å². The molecule has 2 N–H and O–H groups in total. The van der Waals surface area contributed by atoms with Crippen LogP contribution in [0.2, 0.25) is 0 Å². The molecular formula is C29H26N4O5S. The van der Waals surface area contributed by atoms with Gasteiger partial charge in [0.15, 0.2) is 11.2 Å². The largest absolute Gasteiger partial charge is 0.497 e. The van der Waals surface area contributed by atoms with Gasteiger partial charge in [-0.2, -0.15) is 0 Å². The third-order valence-electron chi connectivity index (χ3n) is 5.93. The number of esters is 1. The van der Waals surface area contributed by atoms with Crippen molar-refractivity contribution in [3.05, 3.63) is 77.7 Å². The van der Waals surface area contributed by atoms with Gasteiger partial charge in [-0.25, -0.2) is 14.8 Å². The number of nitrogens with one attached hydrogen (secondary N) is 2. The lowest BCUT2D eigenvalue weighted by atomic mass is 10.2. The number of benzene rings is 3. The zero-order chi connectivity index (χ0) is 27.4. The topological polar surface area (TPSA) is 115 Å². The molecule has 0 radical (unpaired) electrons. The maximum absolute atomic E-state index is 12.8. The number of carbonyl (C=O) groups excluding carboxylic acids is 2. The predicted molar refractivity (Wildman–Crippen MR) is 150 cm³/mol. The molecule has 0 aliphatic carbocycles. The fourth-order valence-corrected chi connectivity index (χ4v) is 4.59. The third kappa shape index (κ3) is 5.91. The highest BCUT2D eigenvalue weighted by Gasteiger charge is 2.21. The van der Waals surface area contributed by atoms with Crippen molar-refractivity contribution >= 4 is 39.4 Å². The number of methoxy groups -OCH3 is 1. The molecule has 1 amide bonds. The number of hydrogen-bond acceptors (Lipinski definition) is 8. The molecule has 0 spiro atoms. The zero-order valence-corrected chi connectivity index (χ0v) is 22.4. The summed E-state index contributed by atoms with van der Waals surface area (Å²) in [4.78, 5) is 37.8. The van der Waals surface area contributed by atoms with E-state index in [9.17, 15) is 9.59 Å². The second-order valence-electron chi connectivity index (χ2n) is 8.58. The highest BCUT2D eigenvalue weighted by Crippen LogP contribution is 2.27. The summed E-state index contributed by atoms with van der Waals surface area (Å²) in [5.41, 5.74) is 4.20. The molecule has 0 saturated carbocycles. The summed E-state index contributed by atoms with van der Waals surface area (Å²) in [6.45, 7) is 4.04. The number of hydrogen-bond donors (Lipinski definition) is 2. The predicted octanol–water partition coefficient (Wildman–Crippen LogP) is 5.94. The van der Waals surface area contributed by atoms with Crippen molar-refractivity contribution in [2.24, 2.45) is 0 Å². The molecular weight excluding hydrogens is 516 g/mol. The summed E-state index contributed by atoms with van der Waals surface area (Å²) in [6, 6.07) is 20.1. The Labute approximate surface area is 228 Å². The molecule has 0 aliphatic rings. The Bertz CT molecular complexity index is 1610. The van der Waals surface area contributed by atoms with E-state index in [0.29, 0.717) is 34.2 Å². The lowest BCUT2D eigenvalue weighted by Gasteiger charge is -2.12. The molecule has 2 aromatic heterocycles. The van der Waals surface area contributed by atoms with Gasteiger partial charge in [-0.3, -0.25) is 10.1 Å². The molecule has 1 unspecified atom stereocenters. The van der Waals surface area contributed by atoms with Gasteiger partial charge in [0.2, 0.25) is 0 Å². The second kappa shape index (κ2) is 11.4. The van der Waals surface area contributed by atoms with Crippen molar-refractivity contribution in [2.45, 2.75) is 20.0 Å². The number of fused-ring (bicyclic) bond motifs is 1. The van der Waals surface area contributed by atoms with E-state index < -0.39 is 18.0 Å². The van der Waals surface area contributed by atoms with Gasteiger partial charge in [0.25, 0.3) is 5.91 Å². The van der Waals surface area contributed by atoms with Crippen molar-refractivity contribution in [2.75, 3.05) is 19.0 Å². The van der Waals surface area contributed by atoms with E-state index in [2.05, 4.69) is 20.3 Å². The van der Waals surface area contributed by atoms with Crippen LogP contribution in [0.1, 0.15) is 24.2 Å². The Morgan fingerprint density at radius 1 is 0.974 bits per heavy atom. The van der Waals surface area contributed by atoms with Gasteiger partial charge in [-0.05, 0) is 80.6 Å². The smallest absolute Gasteiger partial charge is 0.338 e. The molecule has 5 aromatic rings. The van der Waals surface area contributed by atoms with Crippen LogP contribution in [0.5, 0.6) is 11.5 Å². The first kappa shape index (κ1) is 25.9. The maximum Gasteiger partial charge on any atom is 0.338 e. The number of thiazole rings is 1. The van der Waals surface area contributed by atoms with Crippen molar-refractivity contribution < 1.29 is 23.8 Å². The lowest BCUT2D eigenvalue weighted by Crippen LogP contribution is -2.29. The summed E-state index contributed by atoms with van der Waals surface area (Å²) in [5.74, 6) is 1.11. The third-order valence-corrected chi connectivity index (χ3v) is 6.69. The second-order valence-corrected chi connectivity index (χ2v) is 9.44. The number of ether oxygens (including phenoxy) is 3. The number of aromatic amines is 1. The lowest BCUT2D eigenvalue weighted by molar-refractivity contribution is -0.123. The minimum Gasteiger partial charge on any atom is -0.497 e. The molecule has 39 heavy (non-hydrogen) atoms. The highest BCUT2D eigenvalue weighted by atomic mass is 32.1. The van der Waals surface area contributed by atoms with Crippen LogP contribution in [0.25, 0.3) is 33.7 Å². The first-order valence-electron chi connectivity index (χ1n) is 12.3. The number of H-pyrrole nitrogens is 1. The first-order valence-corrected chi connectivity index (χ1v) is 13.2. The van der Waals surface area contributed by atoms with Gasteiger partial charge in [0, 0.05) is 16.5 Å². The quantitative estimate of drug-likeness (QED) is 0.221. The van der Waals surface area contributed by atoms with Gasteiger partial charge in [-0.15, -0.1) is 11.3 Å². The van der Waals surface area contributed by atoms with Crippen molar-refractivity contribution in [3.63, 3.8) is 0 Å². The normalized spacial score (nSPS) is 11.7. The minimum atomic E-state index is -1.03. The number of anilines is 1. The van der Waals surface area contributed by atoms with Crippen LogP contribution in [0.3, 0.4) is 0 Å². The van der Waals surface area contributed by atoms with Gasteiger partial charge in [-0.1, -0.05) is 0 Å². The van der Waals surface area contributed by atoms with Crippen LogP contribution in [0, 0.1) is 0 Å². The highest BCUT2D eigenvalue weighted by molar-refractivity contribution is 7.14. The van der Waals surface area contributed by atoms with Gasteiger partial charge in [0.05, 0.1) is 36.0 Å². The van der Waals surface area contributed by atoms with E-state index in [1.165, 1.54) is 18.3 Å². The molecule has 198 valence electrons. The number of carbonyl (C=O) groups is 2. The number of aromatic nitrogens is 3. The van der Waals surface area contributed by atoms with Crippen LogP contribution >= 0.6 is 11.3 Å². The average Bonchev–Trinajstić information content (AvgIpc) is 3.60. The molecule has 0 fully saturated rings. The average molecular weight is 543 g/mol. The summed E-state index contributed by atoms with van der Waals surface area (Å²) >= 11 is 1.29. The molecule has 1 atom stereocenters. The van der Waals surface area contributed by atoms with Crippen LogP contribution in [-0.2, 0) is 9.53 Å². The Balaban J connectivity index is 1.21. The monoisotopic (exact) mass is 542 g/mol. The van der Waals surface area contributed by atoms with Crippen molar-refractivity contribution in [3.8, 4) is 34.1 Å². The van der Waals surface area contributed by atoms with E-state index >= 15 is 0 Å². The first-order chi connectivity index (χ1) is 18.9. The number of nitrogens with zero attached hydrogens (tertiary/aromatic N) is 2. The molecule has 9 nitrogen and oxygen atoms in total. The summed E-state index contributed by atoms with van der Waals surface area (Å²) in [5, 5.41) is 4.98. The Morgan fingerprint density at radius 3 is 2.41 bits per heavy atom. The van der Waals surface area contributed by atoms with Crippen molar-refractivity contribution in [1.29, 1.82) is 0 Å². The number of imidazole rings is 1. The fourth-order valence-electron chi connectivity index (χ4n) is 3.86. The molecule has 10 heteroatoms. The molecule has 2 heterocycles. The number of amides is 1. The molecule has 0 saturated heterocycles. The Kier molecular flexibility index (Phi) is 7.55. The van der Waals surface area contributed by atoms with Gasteiger partial charge < -0.3 is 19.2 Å². The summed E-state index contributed by atoms with van der Waals surface area (Å²) in [6.07, 6.45) is -1.03. The minimum absolute atomic E-state index is 0.305.